The van der Waals surface area contributed by atoms with Crippen molar-refractivity contribution in [2.75, 3.05) is 14.2 Å². The van der Waals surface area contributed by atoms with E-state index in [2.05, 4.69) is 10.3 Å². The summed E-state index contributed by atoms with van der Waals surface area (Å²) in [5.41, 5.74) is 3.90. The third kappa shape index (κ3) is 3.60. The van der Waals surface area contributed by atoms with Gasteiger partial charge in [-0.3, -0.25) is 4.79 Å². The molecule has 0 fully saturated rings. The molecule has 3 rings (SSSR count). The molecule has 25 heavy (non-hydrogen) atoms. The van der Waals surface area contributed by atoms with Crippen molar-refractivity contribution in [1.82, 2.24) is 10.3 Å². The maximum atomic E-state index is 12.4. The number of H-pyrrole nitrogens is 1. The summed E-state index contributed by atoms with van der Waals surface area (Å²) in [6, 6.07) is 11.8. The van der Waals surface area contributed by atoms with Gasteiger partial charge in [0.15, 0.2) is 0 Å². The number of aryl methyl sites for hydroxylation is 1. The van der Waals surface area contributed by atoms with Crippen LogP contribution in [0, 0.1) is 6.92 Å². The van der Waals surface area contributed by atoms with E-state index in [4.69, 9.17) is 9.47 Å². The molecule has 5 nitrogen and oxygen atoms in total. The molecule has 1 amide bonds. The zero-order valence-corrected chi connectivity index (χ0v) is 14.7. The highest BCUT2D eigenvalue weighted by atomic mass is 16.5. The van der Waals surface area contributed by atoms with Crippen molar-refractivity contribution in [2.24, 2.45) is 0 Å². The molecule has 2 N–H and O–H groups in total. The van der Waals surface area contributed by atoms with Crippen molar-refractivity contribution in [3.8, 4) is 11.5 Å². The Morgan fingerprint density at radius 2 is 1.84 bits per heavy atom. The molecule has 0 saturated carbocycles. The molecule has 0 unspecified atom stereocenters. The molecule has 0 saturated heterocycles. The molecular formula is C20H22N2O3. The lowest BCUT2D eigenvalue weighted by Gasteiger charge is -2.13. The van der Waals surface area contributed by atoms with Crippen LogP contribution in [-0.4, -0.2) is 25.1 Å². The second-order valence-corrected chi connectivity index (χ2v) is 5.95. The quantitative estimate of drug-likeness (QED) is 0.724. The number of methoxy groups -OCH3 is 2. The van der Waals surface area contributed by atoms with E-state index < -0.39 is 0 Å². The number of hydrogen-bond donors (Lipinski definition) is 2. The molecule has 0 aliphatic rings. The van der Waals surface area contributed by atoms with E-state index in [1.165, 1.54) is 0 Å². The normalized spacial score (nSPS) is 10.7. The maximum Gasteiger partial charge on any atom is 0.224 e. The van der Waals surface area contributed by atoms with E-state index in [-0.39, 0.29) is 5.91 Å². The Morgan fingerprint density at radius 1 is 1.08 bits per heavy atom. The first-order chi connectivity index (χ1) is 12.1. The van der Waals surface area contributed by atoms with Crippen LogP contribution >= 0.6 is 0 Å². The number of benzene rings is 2. The number of fused-ring (bicyclic) bond motifs is 1. The number of para-hydroxylation sites is 1. The fourth-order valence-corrected chi connectivity index (χ4v) is 2.96. The molecule has 0 atom stereocenters. The third-order valence-corrected chi connectivity index (χ3v) is 4.30. The van der Waals surface area contributed by atoms with Gasteiger partial charge in [0.2, 0.25) is 5.91 Å². The van der Waals surface area contributed by atoms with Crippen LogP contribution in [-0.2, 0) is 17.8 Å². The van der Waals surface area contributed by atoms with Crippen molar-refractivity contribution in [1.29, 1.82) is 0 Å². The molecule has 2 aromatic carbocycles. The van der Waals surface area contributed by atoms with Crippen LogP contribution in [0.4, 0.5) is 0 Å². The highest BCUT2D eigenvalue weighted by Crippen LogP contribution is 2.28. The molecule has 0 aliphatic carbocycles. The highest BCUT2D eigenvalue weighted by molar-refractivity contribution is 5.88. The molecule has 5 heteroatoms. The predicted molar refractivity (Wildman–Crippen MR) is 98.1 cm³/mol. The maximum absolute atomic E-state index is 12.4. The van der Waals surface area contributed by atoms with E-state index in [1.807, 2.05) is 49.5 Å². The fourth-order valence-electron chi connectivity index (χ4n) is 2.96. The zero-order chi connectivity index (χ0) is 17.8. The van der Waals surface area contributed by atoms with Gasteiger partial charge in [0.25, 0.3) is 0 Å². The lowest BCUT2D eigenvalue weighted by molar-refractivity contribution is -0.120. The Labute approximate surface area is 147 Å². The summed E-state index contributed by atoms with van der Waals surface area (Å²) < 4.78 is 10.8. The summed E-state index contributed by atoms with van der Waals surface area (Å²) >= 11 is 0. The average molecular weight is 338 g/mol. The number of ether oxygens (including phenoxy) is 2. The zero-order valence-electron chi connectivity index (χ0n) is 14.7. The number of aromatic nitrogens is 1. The lowest BCUT2D eigenvalue weighted by atomic mass is 10.1. The number of aromatic amines is 1. The van der Waals surface area contributed by atoms with Gasteiger partial charge in [-0.15, -0.1) is 0 Å². The van der Waals surface area contributed by atoms with Gasteiger partial charge in [-0.2, -0.15) is 0 Å². The molecule has 0 aliphatic heterocycles. The van der Waals surface area contributed by atoms with Gasteiger partial charge in [0.1, 0.15) is 11.5 Å². The van der Waals surface area contributed by atoms with Gasteiger partial charge in [0.05, 0.1) is 20.6 Å². The fraction of sp³-hybridized carbons (Fsp3) is 0.250. The van der Waals surface area contributed by atoms with Gasteiger partial charge in [0, 0.05) is 29.2 Å². The van der Waals surface area contributed by atoms with Gasteiger partial charge >= 0.3 is 0 Å². The van der Waals surface area contributed by atoms with Gasteiger partial charge in [-0.1, -0.05) is 18.2 Å². The van der Waals surface area contributed by atoms with Gasteiger partial charge < -0.3 is 19.8 Å². The lowest BCUT2D eigenvalue weighted by Crippen LogP contribution is -2.24. The second-order valence-electron chi connectivity index (χ2n) is 5.95. The number of carbonyl (C=O) groups excluding carboxylic acids is 1. The van der Waals surface area contributed by atoms with Crippen molar-refractivity contribution in [2.45, 2.75) is 19.9 Å². The first-order valence-electron chi connectivity index (χ1n) is 8.15. The molecule has 0 bridgehead atoms. The summed E-state index contributed by atoms with van der Waals surface area (Å²) in [6.07, 6.45) is 2.22. The molecule has 0 radical (unpaired) electrons. The van der Waals surface area contributed by atoms with Crippen LogP contribution in [0.2, 0.25) is 0 Å². The van der Waals surface area contributed by atoms with Crippen molar-refractivity contribution >= 4 is 16.8 Å². The molecule has 0 spiro atoms. The first kappa shape index (κ1) is 16.9. The Morgan fingerprint density at radius 3 is 2.60 bits per heavy atom. The summed E-state index contributed by atoms with van der Waals surface area (Å²) in [5.74, 6) is 1.48. The molecule has 3 aromatic rings. The van der Waals surface area contributed by atoms with Crippen LogP contribution in [0.1, 0.15) is 16.7 Å². The molecular weight excluding hydrogens is 316 g/mol. The molecule has 130 valence electrons. The van der Waals surface area contributed by atoms with Crippen LogP contribution in [0.15, 0.2) is 42.6 Å². The number of rotatable bonds is 6. The predicted octanol–water partition coefficient (Wildman–Crippen LogP) is 3.35. The second kappa shape index (κ2) is 7.30. The minimum absolute atomic E-state index is 0.0358. The SMILES string of the molecule is COc1cc(CNC(=O)Cc2c[nH]c3ccccc23)c(OC)cc1C. The van der Waals surface area contributed by atoms with Gasteiger partial charge in [-0.25, -0.2) is 0 Å². The van der Waals surface area contributed by atoms with E-state index in [1.54, 1.807) is 14.2 Å². The summed E-state index contributed by atoms with van der Waals surface area (Å²) in [7, 11) is 3.26. The smallest absolute Gasteiger partial charge is 0.224 e. The van der Waals surface area contributed by atoms with E-state index >= 15 is 0 Å². The van der Waals surface area contributed by atoms with E-state index in [0.29, 0.717) is 13.0 Å². The van der Waals surface area contributed by atoms with Crippen molar-refractivity contribution in [3.05, 3.63) is 59.3 Å². The third-order valence-electron chi connectivity index (χ3n) is 4.30. The molecule has 1 aromatic heterocycles. The van der Waals surface area contributed by atoms with Crippen molar-refractivity contribution < 1.29 is 14.3 Å². The van der Waals surface area contributed by atoms with Crippen LogP contribution in [0.5, 0.6) is 11.5 Å². The Kier molecular flexibility index (Phi) is 4.93. The Hall–Kier alpha value is -2.95. The summed E-state index contributed by atoms with van der Waals surface area (Å²) in [6.45, 7) is 2.35. The largest absolute Gasteiger partial charge is 0.496 e. The van der Waals surface area contributed by atoms with Crippen LogP contribution in [0.25, 0.3) is 10.9 Å². The average Bonchev–Trinajstić information content (AvgIpc) is 3.03. The number of carbonyl (C=O) groups is 1. The number of nitrogens with one attached hydrogen (secondary N) is 2. The Bertz CT molecular complexity index is 899. The molecule has 1 heterocycles. The van der Waals surface area contributed by atoms with Crippen LogP contribution < -0.4 is 14.8 Å². The van der Waals surface area contributed by atoms with Crippen LogP contribution in [0.3, 0.4) is 0 Å². The Balaban J connectivity index is 1.70. The summed E-state index contributed by atoms with van der Waals surface area (Å²) in [5, 5.41) is 4.04. The minimum atomic E-state index is -0.0358. The number of hydrogen-bond acceptors (Lipinski definition) is 3. The van der Waals surface area contributed by atoms with E-state index in [9.17, 15) is 4.79 Å². The summed E-state index contributed by atoms with van der Waals surface area (Å²) in [4.78, 5) is 15.5. The number of amides is 1. The standard InChI is InChI=1S/C20H22N2O3/c1-13-8-19(25-3)15(9-18(13)24-2)12-22-20(23)10-14-11-21-17-7-5-4-6-16(14)17/h4-9,11,21H,10,12H2,1-3H3,(H,22,23). The van der Waals surface area contributed by atoms with Crippen molar-refractivity contribution in [3.63, 3.8) is 0 Å². The first-order valence-corrected chi connectivity index (χ1v) is 8.15. The monoisotopic (exact) mass is 338 g/mol. The van der Waals surface area contributed by atoms with Gasteiger partial charge in [-0.05, 0) is 36.2 Å². The highest BCUT2D eigenvalue weighted by Gasteiger charge is 2.12. The topological polar surface area (TPSA) is 63.3 Å². The van der Waals surface area contributed by atoms with E-state index in [0.717, 1.165) is 39.1 Å². The minimum Gasteiger partial charge on any atom is -0.496 e.